The Morgan fingerprint density at radius 1 is 0.943 bits per heavy atom. The van der Waals surface area contributed by atoms with Crippen molar-refractivity contribution in [1.82, 2.24) is 0 Å². The number of halogens is 1. The highest BCUT2D eigenvalue weighted by molar-refractivity contribution is 9.10. The molecule has 4 rings (SSSR count). The monoisotopic (exact) mass is 546 g/mol. The predicted molar refractivity (Wildman–Crippen MR) is 134 cm³/mol. The minimum atomic E-state index is -0.840. The second kappa shape index (κ2) is 10.2. The predicted octanol–water partition coefficient (Wildman–Crippen LogP) is 4.00. The zero-order valence-electron chi connectivity index (χ0n) is 18.2. The highest BCUT2D eigenvalue weighted by atomic mass is 79.9. The lowest BCUT2D eigenvalue weighted by Gasteiger charge is -2.03. The Labute approximate surface area is 205 Å². The van der Waals surface area contributed by atoms with Gasteiger partial charge in [0, 0.05) is 36.6 Å². The quantitative estimate of drug-likeness (QED) is 0.147. The summed E-state index contributed by atoms with van der Waals surface area (Å²) in [6.45, 7) is 2.57. The number of amides is 2. The Morgan fingerprint density at radius 2 is 1.49 bits per heavy atom. The zero-order valence-corrected chi connectivity index (χ0v) is 19.8. The molecule has 4 aromatic rings. The van der Waals surface area contributed by atoms with Crippen LogP contribution in [-0.2, 0) is 9.59 Å². The van der Waals surface area contributed by atoms with Crippen molar-refractivity contribution in [2.24, 2.45) is 0 Å². The molecule has 0 aliphatic heterocycles. The van der Waals surface area contributed by atoms with Gasteiger partial charge in [0.1, 0.15) is 11.4 Å². The van der Waals surface area contributed by atoms with E-state index in [9.17, 15) is 29.3 Å². The van der Waals surface area contributed by atoms with E-state index in [0.717, 1.165) is 0 Å². The first-order chi connectivity index (χ1) is 16.5. The Bertz CT molecular complexity index is 1620. The molecule has 0 atom stereocenters. The van der Waals surface area contributed by atoms with E-state index >= 15 is 0 Å². The number of nitro benzene ring substituents is 1. The van der Waals surface area contributed by atoms with E-state index in [1.807, 2.05) is 0 Å². The van der Waals surface area contributed by atoms with Gasteiger partial charge < -0.3 is 25.2 Å². The molecule has 2 amide bonds. The number of non-ortho nitro benzene ring substituents is 1. The molecular weight excluding hydrogens is 528 g/mol. The molecule has 2 aromatic carbocycles. The van der Waals surface area contributed by atoms with Crippen LogP contribution in [0.4, 0.5) is 22.7 Å². The lowest BCUT2D eigenvalue weighted by atomic mass is 10.2. The van der Waals surface area contributed by atoms with E-state index in [2.05, 4.69) is 26.6 Å². The van der Waals surface area contributed by atoms with E-state index < -0.39 is 22.1 Å². The molecule has 0 aliphatic rings. The molecule has 4 N–H and O–H groups in total. The Kier molecular flexibility index (Phi) is 7.30. The molecule has 2 heterocycles. The average molecular weight is 547 g/mol. The molecular formula is C22H19BrN4O8. The fraction of sp³-hybridized carbons (Fsp3) is 0.0909. The molecule has 13 heteroatoms. The number of nitrogens with two attached hydrogens (primary N) is 1. The van der Waals surface area contributed by atoms with Crippen LogP contribution in [0.1, 0.15) is 15.3 Å². The van der Waals surface area contributed by atoms with Gasteiger partial charge in [0.2, 0.25) is 17.4 Å². The maximum atomic E-state index is 11.6. The van der Waals surface area contributed by atoms with Gasteiger partial charge >= 0.3 is 16.9 Å². The number of nitrogens with zero attached hydrogens (tertiary/aromatic N) is 1. The van der Waals surface area contributed by atoms with Crippen LogP contribution < -0.4 is 27.6 Å². The third-order valence-electron chi connectivity index (χ3n) is 4.39. The fourth-order valence-electron chi connectivity index (χ4n) is 3.04. The van der Waals surface area contributed by atoms with Crippen molar-refractivity contribution < 1.29 is 24.8 Å². The maximum absolute atomic E-state index is 11.6. The van der Waals surface area contributed by atoms with Gasteiger partial charge in [-0.1, -0.05) is 28.1 Å². The van der Waals surface area contributed by atoms with Crippen LogP contribution in [0.3, 0.4) is 0 Å². The van der Waals surface area contributed by atoms with Crippen molar-refractivity contribution in [2.45, 2.75) is 13.8 Å². The summed E-state index contributed by atoms with van der Waals surface area (Å²) in [4.78, 5) is 55.1. The van der Waals surface area contributed by atoms with E-state index in [1.54, 1.807) is 30.3 Å². The lowest BCUT2D eigenvalue weighted by Crippen LogP contribution is -2.14. The molecule has 0 fully saturated rings. The van der Waals surface area contributed by atoms with Crippen molar-refractivity contribution >= 4 is 72.4 Å². The standard InChI is InChI=1S/C11H7BrN2O5.C11H10N2O3.H2/c1-5(15)13-8-3-6-2-7(12)4-9(14(17)18)10(6)19-11(8)16;1-6(14)13-9-5-7-3-2-4-8(12)10(7)16-11(9)15;/h2-4H,1H3,(H,13,15);2-5H,12H2,1H3,(H,13,14);1H. The molecule has 0 aliphatic carbocycles. The van der Waals surface area contributed by atoms with Gasteiger partial charge in [0.15, 0.2) is 5.58 Å². The molecule has 0 saturated carbocycles. The zero-order chi connectivity index (χ0) is 25.9. The Hall–Kier alpha value is -4.52. The average Bonchev–Trinajstić information content (AvgIpc) is 2.75. The third kappa shape index (κ3) is 5.89. The molecule has 12 nitrogen and oxygen atoms in total. The van der Waals surface area contributed by atoms with Crippen LogP contribution >= 0.6 is 15.9 Å². The molecule has 182 valence electrons. The first-order valence-electron chi connectivity index (χ1n) is 9.75. The number of hydrogen-bond donors (Lipinski definition) is 3. The minimum Gasteiger partial charge on any atom is -0.419 e. The lowest BCUT2D eigenvalue weighted by molar-refractivity contribution is -0.383. The number of benzene rings is 2. The van der Waals surface area contributed by atoms with Gasteiger partial charge in [-0.15, -0.1) is 0 Å². The number of para-hydroxylation sites is 1. The van der Waals surface area contributed by atoms with E-state index in [-0.39, 0.29) is 30.0 Å². The van der Waals surface area contributed by atoms with Gasteiger partial charge in [-0.3, -0.25) is 19.7 Å². The van der Waals surface area contributed by atoms with Gasteiger partial charge in [0.25, 0.3) is 0 Å². The molecule has 0 bridgehead atoms. The Morgan fingerprint density at radius 3 is 2.03 bits per heavy atom. The molecule has 35 heavy (non-hydrogen) atoms. The minimum absolute atomic E-state index is 0. The number of nitrogen functional groups attached to an aromatic ring is 1. The van der Waals surface area contributed by atoms with Gasteiger partial charge in [0.05, 0.1) is 10.6 Å². The smallest absolute Gasteiger partial charge is 0.360 e. The topological polar surface area (TPSA) is 188 Å². The summed E-state index contributed by atoms with van der Waals surface area (Å²) < 4.78 is 10.4. The number of carbonyl (C=O) groups excluding carboxylic acids is 2. The van der Waals surface area contributed by atoms with Crippen LogP contribution in [0.2, 0.25) is 0 Å². The van der Waals surface area contributed by atoms with E-state index in [1.165, 1.54) is 26.0 Å². The van der Waals surface area contributed by atoms with Crippen LogP contribution in [0.5, 0.6) is 0 Å². The normalized spacial score (nSPS) is 10.4. The summed E-state index contributed by atoms with van der Waals surface area (Å²) in [5.41, 5.74) is 4.53. The molecule has 0 radical (unpaired) electrons. The van der Waals surface area contributed by atoms with Crippen LogP contribution in [-0.4, -0.2) is 16.7 Å². The number of hydrogen-bond acceptors (Lipinski definition) is 9. The number of anilines is 3. The van der Waals surface area contributed by atoms with Crippen molar-refractivity contribution in [3.8, 4) is 0 Å². The van der Waals surface area contributed by atoms with Gasteiger partial charge in [-0.05, 0) is 24.3 Å². The number of rotatable bonds is 3. The highest BCUT2D eigenvalue weighted by Crippen LogP contribution is 2.30. The van der Waals surface area contributed by atoms with Crippen molar-refractivity contribution in [1.29, 1.82) is 0 Å². The molecule has 0 saturated heterocycles. The number of nitro groups is 1. The maximum Gasteiger partial charge on any atom is 0.360 e. The number of nitrogens with one attached hydrogen (secondary N) is 2. The first kappa shape index (κ1) is 25.1. The molecule has 0 unspecified atom stereocenters. The summed E-state index contributed by atoms with van der Waals surface area (Å²) >= 11 is 3.13. The summed E-state index contributed by atoms with van der Waals surface area (Å²) in [5.74, 6) is -0.758. The second-order valence-corrected chi connectivity index (χ2v) is 8.04. The summed E-state index contributed by atoms with van der Waals surface area (Å²) in [7, 11) is 0. The van der Waals surface area contributed by atoms with Gasteiger partial charge in [-0.25, -0.2) is 9.59 Å². The first-order valence-corrected chi connectivity index (χ1v) is 10.5. The second-order valence-electron chi connectivity index (χ2n) is 7.12. The fourth-order valence-corrected chi connectivity index (χ4v) is 3.50. The van der Waals surface area contributed by atoms with Crippen LogP contribution in [0.25, 0.3) is 21.9 Å². The van der Waals surface area contributed by atoms with E-state index in [0.29, 0.717) is 26.5 Å². The summed E-state index contributed by atoms with van der Waals surface area (Å²) in [6, 6.07) is 10.8. The Balaban J connectivity index is 0.000000250. The van der Waals surface area contributed by atoms with Gasteiger partial charge in [-0.2, -0.15) is 0 Å². The summed E-state index contributed by atoms with van der Waals surface area (Å²) in [5, 5.41) is 16.6. The van der Waals surface area contributed by atoms with E-state index in [4.69, 9.17) is 14.6 Å². The number of fused-ring (bicyclic) bond motifs is 2. The van der Waals surface area contributed by atoms with Crippen molar-refractivity contribution in [3.05, 3.63) is 77.9 Å². The SMILES string of the molecule is CC(=O)Nc1cc2cc(Br)cc([N+](=O)[O-])c2oc1=O.CC(=O)Nc1cc2cccc(N)c2oc1=O.[HH]. The molecule has 0 spiro atoms. The summed E-state index contributed by atoms with van der Waals surface area (Å²) in [6.07, 6.45) is 0. The highest BCUT2D eigenvalue weighted by Gasteiger charge is 2.18. The molecule has 2 aromatic heterocycles. The van der Waals surface area contributed by atoms with Crippen molar-refractivity contribution in [3.63, 3.8) is 0 Å². The van der Waals surface area contributed by atoms with Crippen LogP contribution in [0.15, 0.2) is 65.4 Å². The van der Waals surface area contributed by atoms with Crippen molar-refractivity contribution in [2.75, 3.05) is 16.4 Å². The third-order valence-corrected chi connectivity index (χ3v) is 4.84. The van der Waals surface area contributed by atoms with Crippen LogP contribution in [0, 0.1) is 10.1 Å². The largest absolute Gasteiger partial charge is 0.419 e. The number of carbonyl (C=O) groups is 2.